The molecule has 0 radical (unpaired) electrons. The van der Waals surface area contributed by atoms with Crippen LogP contribution in [-0.2, 0) is 6.54 Å². The topological polar surface area (TPSA) is 86.2 Å². The zero-order valence-electron chi connectivity index (χ0n) is 12.6. The lowest BCUT2D eigenvalue weighted by Gasteiger charge is -2.17. The van der Waals surface area contributed by atoms with E-state index in [9.17, 15) is 9.90 Å². The molecule has 1 aromatic carbocycles. The third-order valence-electron chi connectivity index (χ3n) is 3.56. The minimum absolute atomic E-state index is 0.0126. The van der Waals surface area contributed by atoms with Crippen molar-refractivity contribution in [2.45, 2.75) is 26.5 Å². The van der Waals surface area contributed by atoms with Crippen molar-refractivity contribution in [2.75, 3.05) is 6.61 Å². The summed E-state index contributed by atoms with van der Waals surface area (Å²) < 4.78 is 1.34. The van der Waals surface area contributed by atoms with Crippen molar-refractivity contribution in [3.05, 3.63) is 57.4 Å². The number of nitrogens with zero attached hydrogens (tertiary/aromatic N) is 2. The maximum Gasteiger partial charge on any atom is 0.269 e. The number of rotatable bonds is 4. The first-order valence-electron chi connectivity index (χ1n) is 6.98. The fourth-order valence-corrected chi connectivity index (χ4v) is 2.45. The highest BCUT2D eigenvalue weighted by molar-refractivity contribution is 5.65. The van der Waals surface area contributed by atoms with Crippen LogP contribution < -0.4 is 5.56 Å². The lowest BCUT2D eigenvalue weighted by molar-refractivity contribution is 0.0807. The number of pyridine rings is 1. The molecule has 22 heavy (non-hydrogen) atoms. The van der Waals surface area contributed by atoms with Crippen molar-refractivity contribution >= 4 is 0 Å². The van der Waals surface area contributed by atoms with Crippen molar-refractivity contribution < 1.29 is 10.2 Å². The summed E-state index contributed by atoms with van der Waals surface area (Å²) in [6.45, 7) is 3.42. The van der Waals surface area contributed by atoms with E-state index in [4.69, 9.17) is 10.4 Å². The van der Waals surface area contributed by atoms with E-state index >= 15 is 0 Å². The summed E-state index contributed by atoms with van der Waals surface area (Å²) in [4.78, 5) is 12.4. The van der Waals surface area contributed by atoms with Crippen LogP contribution in [0.3, 0.4) is 0 Å². The molecule has 0 aliphatic heterocycles. The van der Waals surface area contributed by atoms with Crippen LogP contribution in [0.4, 0.5) is 0 Å². The van der Waals surface area contributed by atoms with E-state index in [0.717, 1.165) is 16.7 Å². The normalized spacial score (nSPS) is 12.0. The Morgan fingerprint density at radius 2 is 2.00 bits per heavy atom. The van der Waals surface area contributed by atoms with Gasteiger partial charge in [-0.15, -0.1) is 0 Å². The lowest BCUT2D eigenvalue weighted by Crippen LogP contribution is -2.31. The van der Waals surface area contributed by atoms with Crippen molar-refractivity contribution in [2.24, 2.45) is 0 Å². The van der Waals surface area contributed by atoms with Gasteiger partial charge in [-0.25, -0.2) is 0 Å². The first kappa shape index (κ1) is 16.0. The Balaban J connectivity index is 2.67. The predicted molar refractivity (Wildman–Crippen MR) is 83.4 cm³/mol. The number of aliphatic hydroxyl groups excluding tert-OH is 2. The van der Waals surface area contributed by atoms with Gasteiger partial charge in [0.15, 0.2) is 0 Å². The van der Waals surface area contributed by atoms with Gasteiger partial charge in [-0.1, -0.05) is 23.8 Å². The third-order valence-corrected chi connectivity index (χ3v) is 3.56. The second kappa shape index (κ2) is 6.56. The fraction of sp³-hybridized carbons (Fsp3) is 0.294. The fourth-order valence-electron chi connectivity index (χ4n) is 2.45. The molecule has 2 N–H and O–H groups in total. The van der Waals surface area contributed by atoms with Gasteiger partial charge in [-0.3, -0.25) is 4.79 Å². The summed E-state index contributed by atoms with van der Waals surface area (Å²) in [5.74, 6) is 0. The molecule has 0 saturated carbocycles. The molecule has 5 nitrogen and oxygen atoms in total. The van der Waals surface area contributed by atoms with Gasteiger partial charge < -0.3 is 14.8 Å². The molecule has 5 heteroatoms. The minimum Gasteiger partial charge on any atom is -0.394 e. The Kier molecular flexibility index (Phi) is 4.76. The Morgan fingerprint density at radius 1 is 1.27 bits per heavy atom. The van der Waals surface area contributed by atoms with Gasteiger partial charge in [0, 0.05) is 5.56 Å². The molecule has 0 saturated heterocycles. The van der Waals surface area contributed by atoms with Crippen LogP contribution in [-0.4, -0.2) is 27.5 Å². The molecule has 1 aromatic heterocycles. The molecular formula is C17H18N2O3. The average Bonchev–Trinajstić information content (AvgIpc) is 2.49. The van der Waals surface area contributed by atoms with Crippen LogP contribution in [0.5, 0.6) is 0 Å². The summed E-state index contributed by atoms with van der Waals surface area (Å²) in [5.41, 5.74) is 3.13. The number of aryl methyl sites for hydroxylation is 2. The Bertz CT molecular complexity index is 787. The van der Waals surface area contributed by atoms with E-state index in [-0.39, 0.29) is 12.1 Å². The summed E-state index contributed by atoms with van der Waals surface area (Å²) in [7, 11) is 0. The highest BCUT2D eigenvalue weighted by atomic mass is 16.3. The number of aromatic nitrogens is 1. The highest BCUT2D eigenvalue weighted by Gasteiger charge is 2.15. The molecule has 2 rings (SSSR count). The minimum atomic E-state index is -1.06. The van der Waals surface area contributed by atoms with Crippen LogP contribution in [0.15, 0.2) is 35.1 Å². The molecular weight excluding hydrogens is 280 g/mol. The van der Waals surface area contributed by atoms with Crippen molar-refractivity contribution in [3.63, 3.8) is 0 Å². The Morgan fingerprint density at radius 3 is 2.59 bits per heavy atom. The summed E-state index contributed by atoms with van der Waals surface area (Å²) >= 11 is 0. The van der Waals surface area contributed by atoms with Gasteiger partial charge >= 0.3 is 0 Å². The predicted octanol–water partition coefficient (Wildman–Crippen LogP) is 1.36. The van der Waals surface area contributed by atoms with Crippen LogP contribution >= 0.6 is 0 Å². The van der Waals surface area contributed by atoms with Crippen molar-refractivity contribution in [1.29, 1.82) is 5.26 Å². The van der Waals surface area contributed by atoms with Crippen LogP contribution in [0.1, 0.15) is 16.7 Å². The first-order valence-corrected chi connectivity index (χ1v) is 6.98. The number of hydrogen-bond acceptors (Lipinski definition) is 4. The Hall–Kier alpha value is -2.42. The molecule has 0 bridgehead atoms. The average molecular weight is 298 g/mol. The monoisotopic (exact) mass is 298 g/mol. The quantitative estimate of drug-likeness (QED) is 0.892. The molecule has 0 aliphatic rings. The highest BCUT2D eigenvalue weighted by Crippen LogP contribution is 2.23. The number of aliphatic hydroxyl groups is 2. The Labute approximate surface area is 128 Å². The van der Waals surface area contributed by atoms with E-state index in [0.29, 0.717) is 5.69 Å². The van der Waals surface area contributed by atoms with Crippen molar-refractivity contribution in [1.82, 2.24) is 4.57 Å². The zero-order valence-corrected chi connectivity index (χ0v) is 12.6. The molecule has 0 amide bonds. The summed E-state index contributed by atoms with van der Waals surface area (Å²) in [6, 6.07) is 10.9. The van der Waals surface area contributed by atoms with Crippen molar-refractivity contribution in [3.8, 4) is 17.3 Å². The molecule has 1 atom stereocenters. The van der Waals surface area contributed by atoms with Gasteiger partial charge in [-0.2, -0.15) is 5.26 Å². The smallest absolute Gasteiger partial charge is 0.269 e. The first-order chi connectivity index (χ1) is 10.5. The second-order valence-corrected chi connectivity index (χ2v) is 5.31. The molecule has 0 aliphatic carbocycles. The van der Waals surface area contributed by atoms with E-state index in [2.05, 4.69) is 0 Å². The molecule has 1 unspecified atom stereocenters. The van der Waals surface area contributed by atoms with Gasteiger partial charge in [0.1, 0.15) is 11.6 Å². The van der Waals surface area contributed by atoms with Crippen LogP contribution in [0.25, 0.3) is 11.3 Å². The van der Waals surface area contributed by atoms with Crippen LogP contribution in [0, 0.1) is 25.2 Å². The molecule has 0 spiro atoms. The van der Waals surface area contributed by atoms with E-state index in [1.54, 1.807) is 6.07 Å². The van der Waals surface area contributed by atoms with Gasteiger partial charge in [0.05, 0.1) is 24.9 Å². The maximum atomic E-state index is 12.4. The molecule has 0 fully saturated rings. The molecule has 1 heterocycles. The third kappa shape index (κ3) is 3.08. The maximum absolute atomic E-state index is 12.4. The van der Waals surface area contributed by atoms with Crippen LogP contribution in [0.2, 0.25) is 0 Å². The standard InChI is InChI=1S/C17H18N2O3/c1-11-3-5-15(12(2)7-11)16-6-4-13(8-18)17(22)19(16)9-14(21)10-20/h3-7,14,20-21H,9-10H2,1-2H3. The largest absolute Gasteiger partial charge is 0.394 e. The lowest BCUT2D eigenvalue weighted by atomic mass is 10.0. The number of hydrogen-bond donors (Lipinski definition) is 2. The van der Waals surface area contributed by atoms with Gasteiger partial charge in [0.25, 0.3) is 5.56 Å². The zero-order chi connectivity index (χ0) is 16.3. The molecule has 2 aromatic rings. The van der Waals surface area contributed by atoms with Gasteiger partial charge in [-0.05, 0) is 31.5 Å². The number of nitriles is 1. The van der Waals surface area contributed by atoms with E-state index < -0.39 is 18.3 Å². The number of benzene rings is 1. The van der Waals surface area contributed by atoms with E-state index in [1.165, 1.54) is 10.6 Å². The van der Waals surface area contributed by atoms with E-state index in [1.807, 2.05) is 38.1 Å². The summed E-state index contributed by atoms with van der Waals surface area (Å²) in [5, 5.41) is 27.7. The summed E-state index contributed by atoms with van der Waals surface area (Å²) in [6.07, 6.45) is -1.06. The molecule has 114 valence electrons. The van der Waals surface area contributed by atoms with Gasteiger partial charge in [0.2, 0.25) is 0 Å². The SMILES string of the molecule is Cc1ccc(-c2ccc(C#N)c(=O)n2CC(O)CO)c(C)c1. The second-order valence-electron chi connectivity index (χ2n) is 5.31.